The molecule has 1 amide bonds. The van der Waals surface area contributed by atoms with Gasteiger partial charge in [0.2, 0.25) is 0 Å². The van der Waals surface area contributed by atoms with Crippen LogP contribution in [0.2, 0.25) is 0 Å². The first-order valence-electron chi connectivity index (χ1n) is 12.6. The summed E-state index contributed by atoms with van der Waals surface area (Å²) in [5.74, 6) is 1.55. The van der Waals surface area contributed by atoms with E-state index >= 15 is 0 Å². The number of piperazine rings is 1. The zero-order valence-electron chi connectivity index (χ0n) is 21.7. The summed E-state index contributed by atoms with van der Waals surface area (Å²) in [7, 11) is 0. The quantitative estimate of drug-likeness (QED) is 0.625. The van der Waals surface area contributed by atoms with Crippen LogP contribution in [0.3, 0.4) is 0 Å². The maximum atomic E-state index is 13.5. The summed E-state index contributed by atoms with van der Waals surface area (Å²) in [4.78, 5) is 25.1. The van der Waals surface area contributed by atoms with E-state index in [-0.39, 0.29) is 11.7 Å². The van der Waals surface area contributed by atoms with Gasteiger partial charge in [0.05, 0.1) is 0 Å². The number of hydrogen-bond donors (Lipinski definition) is 1. The Morgan fingerprint density at radius 1 is 1.03 bits per heavy atom. The lowest BCUT2D eigenvalue weighted by molar-refractivity contribution is -0.141. The third-order valence-corrected chi connectivity index (χ3v) is 7.08. The van der Waals surface area contributed by atoms with Gasteiger partial charge in [0.1, 0.15) is 17.3 Å². The predicted molar refractivity (Wildman–Crippen MR) is 134 cm³/mol. The Balaban J connectivity index is 1.27. The first-order valence-corrected chi connectivity index (χ1v) is 12.6. The molecule has 196 valence electrons. The number of anilines is 1. The highest BCUT2D eigenvalue weighted by Crippen LogP contribution is 2.39. The molecule has 1 N–H and O–H groups in total. The average molecular weight is 504 g/mol. The van der Waals surface area contributed by atoms with Crippen LogP contribution < -0.4 is 10.2 Å². The number of aromatic nitrogens is 2. The lowest BCUT2D eigenvalue weighted by Gasteiger charge is -2.36. The van der Waals surface area contributed by atoms with Crippen LogP contribution >= 0.6 is 0 Å². The van der Waals surface area contributed by atoms with Gasteiger partial charge in [-0.05, 0) is 43.7 Å². The number of benzene rings is 1. The molecule has 1 aliphatic carbocycles. The smallest absolute Gasteiger partial charge is 0.354 e. The van der Waals surface area contributed by atoms with Gasteiger partial charge in [0.25, 0.3) is 5.91 Å². The van der Waals surface area contributed by atoms with Gasteiger partial charge in [-0.2, -0.15) is 13.2 Å². The average Bonchev–Trinajstić information content (AvgIpc) is 3.54. The molecule has 0 radical (unpaired) electrons. The Morgan fingerprint density at radius 3 is 2.33 bits per heavy atom. The molecular formula is C27H36F3N5O. The molecule has 0 bridgehead atoms. The minimum absolute atomic E-state index is 0.0236. The monoisotopic (exact) mass is 503 g/mol. The van der Waals surface area contributed by atoms with Crippen molar-refractivity contribution in [3.05, 3.63) is 52.5 Å². The van der Waals surface area contributed by atoms with Crippen molar-refractivity contribution in [3.8, 4) is 0 Å². The normalized spacial score (nSPS) is 20.9. The van der Waals surface area contributed by atoms with Gasteiger partial charge in [0, 0.05) is 56.3 Å². The third kappa shape index (κ3) is 6.35. The van der Waals surface area contributed by atoms with E-state index in [2.05, 4.69) is 20.2 Å². The summed E-state index contributed by atoms with van der Waals surface area (Å²) in [6.45, 7) is 13.8. The van der Waals surface area contributed by atoms with Crippen LogP contribution in [0.4, 0.5) is 19.0 Å². The molecule has 6 nitrogen and oxygen atoms in total. The highest BCUT2D eigenvalue weighted by molar-refractivity contribution is 5.95. The Hall–Kier alpha value is -2.68. The molecule has 2 heterocycles. The lowest BCUT2D eigenvalue weighted by Crippen LogP contribution is -2.47. The number of amides is 1. The van der Waals surface area contributed by atoms with Crippen LogP contribution in [0.5, 0.6) is 0 Å². The molecule has 2 fully saturated rings. The van der Waals surface area contributed by atoms with Gasteiger partial charge in [0.15, 0.2) is 0 Å². The molecule has 2 aliphatic rings. The Kier molecular flexibility index (Phi) is 7.33. The van der Waals surface area contributed by atoms with E-state index < -0.39 is 17.3 Å². The SMILES string of the molecule is Cc1ccc(C(=O)NCC2CC2CN2CCN(c3cc(C(F)(F)F)nc(C(C)(C)C)n3)CC2)c(C)c1. The Bertz CT molecular complexity index is 1070. The Labute approximate surface area is 211 Å². The maximum Gasteiger partial charge on any atom is 0.433 e. The molecule has 1 saturated heterocycles. The topological polar surface area (TPSA) is 61.4 Å². The van der Waals surface area contributed by atoms with Crippen LogP contribution in [-0.2, 0) is 11.6 Å². The number of nitrogens with one attached hydrogen (secondary N) is 1. The number of aryl methyl sites for hydroxylation is 2. The molecule has 1 saturated carbocycles. The molecule has 4 rings (SSSR count). The number of hydrogen-bond acceptors (Lipinski definition) is 5. The molecule has 2 aromatic rings. The van der Waals surface area contributed by atoms with Crippen molar-refractivity contribution >= 4 is 11.7 Å². The highest BCUT2D eigenvalue weighted by atomic mass is 19.4. The summed E-state index contributed by atoms with van der Waals surface area (Å²) in [5, 5.41) is 3.08. The summed E-state index contributed by atoms with van der Waals surface area (Å²) in [5.41, 5.74) is 1.39. The van der Waals surface area contributed by atoms with Gasteiger partial charge in [-0.3, -0.25) is 9.69 Å². The van der Waals surface area contributed by atoms with Crippen molar-refractivity contribution in [1.29, 1.82) is 0 Å². The second-order valence-electron chi connectivity index (χ2n) is 11.3. The summed E-state index contributed by atoms with van der Waals surface area (Å²) < 4.78 is 40.4. The number of halogens is 3. The first kappa shape index (κ1) is 26.4. The van der Waals surface area contributed by atoms with Gasteiger partial charge in [-0.15, -0.1) is 0 Å². The van der Waals surface area contributed by atoms with Crippen molar-refractivity contribution in [1.82, 2.24) is 20.2 Å². The van der Waals surface area contributed by atoms with Gasteiger partial charge >= 0.3 is 6.18 Å². The highest BCUT2D eigenvalue weighted by Gasteiger charge is 2.39. The van der Waals surface area contributed by atoms with E-state index in [0.29, 0.717) is 37.3 Å². The van der Waals surface area contributed by atoms with E-state index in [9.17, 15) is 18.0 Å². The largest absolute Gasteiger partial charge is 0.433 e. The molecule has 1 aromatic heterocycles. The number of nitrogens with zero attached hydrogens (tertiary/aromatic N) is 4. The molecule has 9 heteroatoms. The summed E-state index contributed by atoms with van der Waals surface area (Å²) in [6, 6.07) is 6.92. The van der Waals surface area contributed by atoms with Crippen LogP contribution in [-0.4, -0.2) is 60.0 Å². The summed E-state index contributed by atoms with van der Waals surface area (Å²) >= 11 is 0. The maximum absolute atomic E-state index is 13.5. The number of carbonyl (C=O) groups excluding carboxylic acids is 1. The molecule has 0 spiro atoms. The predicted octanol–water partition coefficient (Wildman–Crippen LogP) is 4.60. The fourth-order valence-corrected chi connectivity index (χ4v) is 4.74. The van der Waals surface area contributed by atoms with Gasteiger partial charge in [-0.1, -0.05) is 38.5 Å². The minimum Gasteiger partial charge on any atom is -0.354 e. The van der Waals surface area contributed by atoms with Crippen molar-refractivity contribution in [2.45, 2.75) is 52.6 Å². The third-order valence-electron chi connectivity index (χ3n) is 7.08. The number of carbonyl (C=O) groups is 1. The summed E-state index contributed by atoms with van der Waals surface area (Å²) in [6.07, 6.45) is -3.42. The molecule has 1 aromatic carbocycles. The molecule has 2 unspecified atom stereocenters. The minimum atomic E-state index is -4.51. The van der Waals surface area contributed by atoms with Crippen LogP contribution in [0.25, 0.3) is 0 Å². The van der Waals surface area contributed by atoms with E-state index in [1.165, 1.54) is 0 Å². The van der Waals surface area contributed by atoms with Crippen molar-refractivity contribution in [2.24, 2.45) is 11.8 Å². The van der Waals surface area contributed by atoms with Gasteiger partial charge in [-0.25, -0.2) is 9.97 Å². The number of alkyl halides is 3. The van der Waals surface area contributed by atoms with E-state index in [1.54, 1.807) is 0 Å². The second-order valence-corrected chi connectivity index (χ2v) is 11.3. The molecular weight excluding hydrogens is 467 g/mol. The van der Waals surface area contributed by atoms with Crippen LogP contribution in [0, 0.1) is 25.7 Å². The van der Waals surface area contributed by atoms with E-state index in [0.717, 1.165) is 48.8 Å². The molecule has 36 heavy (non-hydrogen) atoms. The van der Waals surface area contributed by atoms with E-state index in [4.69, 9.17) is 0 Å². The van der Waals surface area contributed by atoms with Crippen molar-refractivity contribution in [3.63, 3.8) is 0 Å². The van der Waals surface area contributed by atoms with Crippen LogP contribution in [0.1, 0.15) is 60.2 Å². The zero-order valence-corrected chi connectivity index (χ0v) is 21.7. The zero-order chi connectivity index (χ0) is 26.3. The first-order chi connectivity index (χ1) is 16.8. The standard InChI is InChI=1S/C27H36F3N5O/c1-17-6-7-21(18(2)12-17)24(36)31-15-19-13-20(19)16-34-8-10-35(11-9-34)23-14-22(27(28,29)30)32-25(33-23)26(3,4)5/h6-7,12,14,19-20H,8-11,13,15-16H2,1-5H3,(H,31,36). The molecule has 2 atom stereocenters. The fourth-order valence-electron chi connectivity index (χ4n) is 4.74. The van der Waals surface area contributed by atoms with Crippen molar-refractivity contribution in [2.75, 3.05) is 44.2 Å². The lowest BCUT2D eigenvalue weighted by atomic mass is 9.95. The fraction of sp³-hybridized carbons (Fsp3) is 0.593. The van der Waals surface area contributed by atoms with E-state index in [1.807, 2.05) is 57.7 Å². The Morgan fingerprint density at radius 2 is 1.72 bits per heavy atom. The number of rotatable bonds is 6. The van der Waals surface area contributed by atoms with Crippen molar-refractivity contribution < 1.29 is 18.0 Å². The van der Waals surface area contributed by atoms with Crippen LogP contribution in [0.15, 0.2) is 24.3 Å². The molecule has 1 aliphatic heterocycles. The second kappa shape index (κ2) is 10.00. The van der Waals surface area contributed by atoms with Gasteiger partial charge < -0.3 is 10.2 Å².